The number of benzene rings is 1. The molecule has 0 fully saturated rings. The number of hydrogen-bond acceptors (Lipinski definition) is 3. The molecule has 18 heavy (non-hydrogen) atoms. The summed E-state index contributed by atoms with van der Waals surface area (Å²) in [6.45, 7) is 4.34. The maximum absolute atomic E-state index is 13.0. The maximum atomic E-state index is 13.0. The lowest BCUT2D eigenvalue weighted by atomic mass is 9.97. The number of nitrogens with zero attached hydrogens (tertiary/aromatic N) is 1. The summed E-state index contributed by atoms with van der Waals surface area (Å²) in [5.74, 6) is 0.770. The quantitative estimate of drug-likeness (QED) is 0.871. The van der Waals surface area contributed by atoms with Crippen molar-refractivity contribution in [3.63, 3.8) is 0 Å². The van der Waals surface area contributed by atoms with Crippen LogP contribution in [0.3, 0.4) is 0 Å². The van der Waals surface area contributed by atoms with E-state index in [1.165, 1.54) is 12.1 Å². The van der Waals surface area contributed by atoms with Crippen LogP contribution in [0.5, 0.6) is 0 Å². The van der Waals surface area contributed by atoms with Gasteiger partial charge in [0.1, 0.15) is 5.82 Å². The van der Waals surface area contributed by atoms with Crippen molar-refractivity contribution in [1.29, 1.82) is 0 Å². The van der Waals surface area contributed by atoms with Crippen molar-refractivity contribution in [2.24, 2.45) is 4.99 Å². The lowest BCUT2D eigenvalue weighted by Crippen LogP contribution is -2.24. The Kier molecular flexibility index (Phi) is 4.33. The van der Waals surface area contributed by atoms with Crippen molar-refractivity contribution in [3.8, 4) is 0 Å². The van der Waals surface area contributed by atoms with E-state index in [2.05, 4.69) is 35.1 Å². The fourth-order valence-electron chi connectivity index (χ4n) is 1.86. The first-order valence-corrected chi connectivity index (χ1v) is 7.81. The third kappa shape index (κ3) is 2.88. The Hall–Kier alpha value is -0.550. The molecular formula is C13H16BrFN2S. The summed E-state index contributed by atoms with van der Waals surface area (Å²) in [4.78, 5) is 4.77. The number of halogens is 2. The summed E-state index contributed by atoms with van der Waals surface area (Å²) in [6.07, 6.45) is 2.10. The fraction of sp³-hybridized carbons (Fsp3) is 0.462. The minimum absolute atomic E-state index is 0.0690. The number of thioether (sulfide) groups is 1. The van der Waals surface area contributed by atoms with Crippen LogP contribution in [-0.2, 0) is 0 Å². The van der Waals surface area contributed by atoms with E-state index in [0.29, 0.717) is 0 Å². The molecule has 0 atom stereocenters. The highest BCUT2D eigenvalue weighted by atomic mass is 79.9. The minimum atomic E-state index is -0.245. The third-order valence-electron chi connectivity index (χ3n) is 3.31. The molecule has 0 saturated carbocycles. The fourth-order valence-corrected chi connectivity index (χ4v) is 3.63. The Labute approximate surface area is 120 Å². The predicted molar refractivity (Wildman–Crippen MR) is 80.9 cm³/mol. The van der Waals surface area contributed by atoms with Crippen molar-refractivity contribution in [2.45, 2.75) is 32.2 Å². The SMILES string of the molecule is CCC1(CC)CSC(Nc2ccc(F)cc2Br)=N1. The summed E-state index contributed by atoms with van der Waals surface area (Å²) in [7, 11) is 0. The second-order valence-electron chi connectivity index (χ2n) is 4.39. The highest BCUT2D eigenvalue weighted by Crippen LogP contribution is 2.34. The van der Waals surface area contributed by atoms with Crippen LogP contribution in [0.2, 0.25) is 0 Å². The van der Waals surface area contributed by atoms with E-state index in [-0.39, 0.29) is 11.4 Å². The molecule has 0 saturated heterocycles. The molecule has 1 aliphatic heterocycles. The molecule has 98 valence electrons. The van der Waals surface area contributed by atoms with Gasteiger partial charge in [-0.05, 0) is 47.0 Å². The van der Waals surface area contributed by atoms with Crippen molar-refractivity contribution >= 4 is 38.5 Å². The number of rotatable bonds is 3. The van der Waals surface area contributed by atoms with Crippen LogP contribution < -0.4 is 5.32 Å². The Morgan fingerprint density at radius 2 is 2.17 bits per heavy atom. The lowest BCUT2D eigenvalue weighted by molar-refractivity contribution is 0.456. The molecule has 5 heteroatoms. The van der Waals surface area contributed by atoms with Gasteiger partial charge >= 0.3 is 0 Å². The monoisotopic (exact) mass is 330 g/mol. The van der Waals surface area contributed by atoms with Gasteiger partial charge in [0, 0.05) is 10.2 Å². The first-order chi connectivity index (χ1) is 8.58. The first kappa shape index (κ1) is 13.9. The zero-order valence-corrected chi connectivity index (χ0v) is 12.9. The summed E-state index contributed by atoms with van der Waals surface area (Å²) >= 11 is 5.08. The van der Waals surface area contributed by atoms with E-state index >= 15 is 0 Å². The van der Waals surface area contributed by atoms with Crippen LogP contribution in [0.15, 0.2) is 27.7 Å². The van der Waals surface area contributed by atoms with Gasteiger partial charge < -0.3 is 5.32 Å². The van der Waals surface area contributed by atoms with Gasteiger partial charge in [-0.25, -0.2) is 4.39 Å². The van der Waals surface area contributed by atoms with Crippen molar-refractivity contribution < 1.29 is 4.39 Å². The molecule has 2 nitrogen and oxygen atoms in total. The molecule has 1 aliphatic rings. The highest BCUT2D eigenvalue weighted by Gasteiger charge is 2.32. The molecule has 1 N–H and O–H groups in total. The second kappa shape index (κ2) is 5.61. The van der Waals surface area contributed by atoms with Gasteiger partial charge in [0.15, 0.2) is 5.17 Å². The van der Waals surface area contributed by atoms with Crippen LogP contribution in [0.4, 0.5) is 10.1 Å². The molecule has 0 amide bonds. The van der Waals surface area contributed by atoms with E-state index in [4.69, 9.17) is 4.99 Å². The number of nitrogens with one attached hydrogen (secondary N) is 1. The molecule has 0 bridgehead atoms. The van der Waals surface area contributed by atoms with Crippen molar-refractivity contribution in [1.82, 2.24) is 0 Å². The number of amidine groups is 1. The van der Waals surface area contributed by atoms with E-state index in [0.717, 1.165) is 33.9 Å². The molecule has 0 aromatic heterocycles. The second-order valence-corrected chi connectivity index (χ2v) is 6.20. The third-order valence-corrected chi connectivity index (χ3v) is 5.11. The van der Waals surface area contributed by atoms with Gasteiger partial charge in [-0.1, -0.05) is 25.6 Å². The molecule has 1 aromatic rings. The summed E-state index contributed by atoms with van der Waals surface area (Å²) in [6, 6.07) is 4.62. The van der Waals surface area contributed by atoms with Crippen molar-refractivity contribution in [3.05, 3.63) is 28.5 Å². The standard InChI is InChI=1S/C13H16BrFN2S/c1-3-13(4-2)8-18-12(17-13)16-11-6-5-9(15)7-10(11)14/h5-7H,3-4,8H2,1-2H3,(H,16,17). The smallest absolute Gasteiger partial charge is 0.161 e. The number of anilines is 1. The summed E-state index contributed by atoms with van der Waals surface area (Å²) < 4.78 is 13.7. The van der Waals surface area contributed by atoms with Gasteiger partial charge in [-0.2, -0.15) is 0 Å². The minimum Gasteiger partial charge on any atom is -0.334 e. The van der Waals surface area contributed by atoms with Crippen LogP contribution >= 0.6 is 27.7 Å². The van der Waals surface area contributed by atoms with Gasteiger partial charge in [-0.15, -0.1) is 0 Å². The normalized spacial score (nSPS) is 17.7. The summed E-state index contributed by atoms with van der Waals surface area (Å²) in [5.41, 5.74) is 0.921. The zero-order valence-electron chi connectivity index (χ0n) is 10.5. The molecule has 0 spiro atoms. The predicted octanol–water partition coefficient (Wildman–Crippen LogP) is 4.66. The van der Waals surface area contributed by atoms with Gasteiger partial charge in [0.05, 0.1) is 11.2 Å². The molecular weight excluding hydrogens is 315 g/mol. The van der Waals surface area contributed by atoms with Crippen LogP contribution in [0.25, 0.3) is 0 Å². The average Bonchev–Trinajstić information content (AvgIpc) is 2.77. The van der Waals surface area contributed by atoms with Crippen LogP contribution in [0, 0.1) is 5.82 Å². The Morgan fingerprint density at radius 3 is 2.72 bits per heavy atom. The van der Waals surface area contributed by atoms with Gasteiger partial charge in [0.2, 0.25) is 0 Å². The topological polar surface area (TPSA) is 24.4 Å². The molecule has 2 rings (SSSR count). The van der Waals surface area contributed by atoms with E-state index < -0.39 is 0 Å². The maximum Gasteiger partial charge on any atom is 0.161 e. The molecule has 1 heterocycles. The van der Waals surface area contributed by atoms with Crippen LogP contribution in [-0.4, -0.2) is 16.5 Å². The first-order valence-electron chi connectivity index (χ1n) is 6.03. The van der Waals surface area contributed by atoms with Crippen molar-refractivity contribution in [2.75, 3.05) is 11.1 Å². The van der Waals surface area contributed by atoms with E-state index in [1.807, 2.05) is 0 Å². The lowest BCUT2D eigenvalue weighted by Gasteiger charge is -2.20. The molecule has 1 aromatic carbocycles. The zero-order chi connectivity index (χ0) is 13.2. The Bertz CT molecular complexity index is 472. The summed E-state index contributed by atoms with van der Waals surface area (Å²) in [5, 5.41) is 4.18. The van der Waals surface area contributed by atoms with Gasteiger partial charge in [0.25, 0.3) is 0 Å². The number of hydrogen-bond donors (Lipinski definition) is 1. The Morgan fingerprint density at radius 1 is 1.44 bits per heavy atom. The highest BCUT2D eigenvalue weighted by molar-refractivity contribution is 9.10. The largest absolute Gasteiger partial charge is 0.334 e. The average molecular weight is 331 g/mol. The number of aliphatic imine (C=N–C) groups is 1. The molecule has 0 unspecified atom stereocenters. The van der Waals surface area contributed by atoms with E-state index in [1.54, 1.807) is 17.8 Å². The van der Waals surface area contributed by atoms with E-state index in [9.17, 15) is 4.39 Å². The Balaban J connectivity index is 2.15. The van der Waals surface area contributed by atoms with Gasteiger partial charge in [-0.3, -0.25) is 4.99 Å². The van der Waals surface area contributed by atoms with Crippen LogP contribution in [0.1, 0.15) is 26.7 Å². The molecule has 0 radical (unpaired) electrons. The molecule has 0 aliphatic carbocycles.